The largest absolute Gasteiger partial charge is 0.493 e. The van der Waals surface area contributed by atoms with Gasteiger partial charge in [-0.1, -0.05) is 18.2 Å². The summed E-state index contributed by atoms with van der Waals surface area (Å²) in [4.78, 5) is 0. The predicted molar refractivity (Wildman–Crippen MR) is 74.2 cm³/mol. The molecule has 1 N–H and O–H groups in total. The second kappa shape index (κ2) is 5.49. The number of rotatable bonds is 4. The second-order valence-electron chi connectivity index (χ2n) is 4.82. The maximum atomic E-state index is 13.5. The predicted octanol–water partition coefficient (Wildman–Crippen LogP) is 3.55. The smallest absolute Gasteiger partial charge is 0.181 e. The third-order valence-corrected chi connectivity index (χ3v) is 3.43. The maximum Gasteiger partial charge on any atom is 0.181 e. The molecule has 2 aromatic carbocycles. The zero-order chi connectivity index (χ0) is 13.9. The molecule has 4 heteroatoms. The number of hydrogen-bond donors (Lipinski definition) is 1. The van der Waals surface area contributed by atoms with Crippen LogP contribution in [0.25, 0.3) is 0 Å². The molecule has 1 aliphatic heterocycles. The van der Waals surface area contributed by atoms with Crippen molar-refractivity contribution in [1.82, 2.24) is 0 Å². The number of anilines is 1. The minimum absolute atomic E-state index is 0.203. The molecule has 2 nitrogen and oxygen atoms in total. The van der Waals surface area contributed by atoms with Crippen LogP contribution in [-0.4, -0.2) is 13.2 Å². The van der Waals surface area contributed by atoms with E-state index >= 15 is 0 Å². The summed E-state index contributed by atoms with van der Waals surface area (Å²) < 4.78 is 32.0. The van der Waals surface area contributed by atoms with Crippen LogP contribution in [0.4, 0.5) is 14.5 Å². The number of ether oxygens (including phenoxy) is 1. The standard InChI is InChI=1S/C16H15F2NO/c17-13-2-1-3-14(16(13)18)19-8-6-11-4-5-15-12(10-11)7-9-20-15/h1-5,10,19H,6-9H2. The Balaban J connectivity index is 1.61. The fourth-order valence-corrected chi connectivity index (χ4v) is 2.38. The number of fused-ring (bicyclic) bond motifs is 1. The molecule has 104 valence electrons. The lowest BCUT2D eigenvalue weighted by atomic mass is 10.1. The van der Waals surface area contributed by atoms with Gasteiger partial charge in [-0.15, -0.1) is 0 Å². The van der Waals surface area contributed by atoms with Crippen LogP contribution < -0.4 is 10.1 Å². The second-order valence-corrected chi connectivity index (χ2v) is 4.82. The first-order valence-electron chi connectivity index (χ1n) is 6.66. The van der Waals surface area contributed by atoms with Crippen molar-refractivity contribution in [3.05, 3.63) is 59.2 Å². The van der Waals surface area contributed by atoms with E-state index in [9.17, 15) is 8.78 Å². The highest BCUT2D eigenvalue weighted by atomic mass is 19.2. The monoisotopic (exact) mass is 275 g/mol. The first-order chi connectivity index (χ1) is 9.74. The summed E-state index contributed by atoms with van der Waals surface area (Å²) in [7, 11) is 0. The highest BCUT2D eigenvalue weighted by Crippen LogP contribution is 2.26. The lowest BCUT2D eigenvalue weighted by Crippen LogP contribution is -2.07. The molecule has 3 rings (SSSR count). The first-order valence-corrected chi connectivity index (χ1v) is 6.66. The Hall–Kier alpha value is -2.10. The van der Waals surface area contributed by atoms with Crippen molar-refractivity contribution in [2.45, 2.75) is 12.8 Å². The molecule has 0 fully saturated rings. The van der Waals surface area contributed by atoms with Gasteiger partial charge in [0, 0.05) is 13.0 Å². The van der Waals surface area contributed by atoms with Crippen LogP contribution in [0, 0.1) is 11.6 Å². The highest BCUT2D eigenvalue weighted by molar-refractivity contribution is 5.45. The third kappa shape index (κ3) is 2.59. The number of halogens is 2. The molecule has 1 heterocycles. The van der Waals surface area contributed by atoms with Gasteiger partial charge in [-0.3, -0.25) is 0 Å². The molecular weight excluding hydrogens is 260 g/mol. The molecule has 20 heavy (non-hydrogen) atoms. The molecule has 0 aromatic heterocycles. The normalized spacial score (nSPS) is 12.9. The number of hydrogen-bond acceptors (Lipinski definition) is 2. The fourth-order valence-electron chi connectivity index (χ4n) is 2.38. The highest BCUT2D eigenvalue weighted by Gasteiger charge is 2.12. The molecule has 0 bridgehead atoms. The number of nitrogens with one attached hydrogen (secondary N) is 1. The van der Waals surface area contributed by atoms with Gasteiger partial charge in [-0.25, -0.2) is 8.78 Å². The summed E-state index contributed by atoms with van der Waals surface area (Å²) in [5.74, 6) is -0.697. The lowest BCUT2D eigenvalue weighted by Gasteiger charge is -2.08. The lowest BCUT2D eigenvalue weighted by molar-refractivity contribution is 0.357. The topological polar surface area (TPSA) is 21.3 Å². The molecule has 0 saturated heterocycles. The summed E-state index contributed by atoms with van der Waals surface area (Å²) in [5, 5.41) is 2.92. The van der Waals surface area contributed by atoms with Gasteiger partial charge >= 0.3 is 0 Å². The van der Waals surface area contributed by atoms with E-state index in [2.05, 4.69) is 11.4 Å². The van der Waals surface area contributed by atoms with Crippen LogP contribution in [0.15, 0.2) is 36.4 Å². The van der Waals surface area contributed by atoms with Crippen LogP contribution in [0.3, 0.4) is 0 Å². The zero-order valence-electron chi connectivity index (χ0n) is 11.0. The van der Waals surface area contributed by atoms with Gasteiger partial charge in [-0.05, 0) is 35.7 Å². The van der Waals surface area contributed by atoms with E-state index < -0.39 is 11.6 Å². The van der Waals surface area contributed by atoms with Crippen LogP contribution >= 0.6 is 0 Å². The summed E-state index contributed by atoms with van der Waals surface area (Å²) >= 11 is 0. The SMILES string of the molecule is Fc1cccc(NCCc2ccc3c(c2)CCO3)c1F. The summed E-state index contributed by atoms with van der Waals surface area (Å²) in [6, 6.07) is 10.2. The van der Waals surface area contributed by atoms with Gasteiger partial charge in [0.05, 0.1) is 12.3 Å². The van der Waals surface area contributed by atoms with Crippen molar-refractivity contribution in [2.75, 3.05) is 18.5 Å². The van der Waals surface area contributed by atoms with E-state index in [1.54, 1.807) is 0 Å². The third-order valence-electron chi connectivity index (χ3n) is 3.43. The van der Waals surface area contributed by atoms with E-state index in [4.69, 9.17) is 4.74 Å². The van der Waals surface area contributed by atoms with Crippen molar-refractivity contribution < 1.29 is 13.5 Å². The molecule has 0 unspecified atom stereocenters. The Kier molecular flexibility index (Phi) is 3.54. The maximum absolute atomic E-state index is 13.5. The average molecular weight is 275 g/mol. The van der Waals surface area contributed by atoms with Gasteiger partial charge in [0.2, 0.25) is 0 Å². The van der Waals surface area contributed by atoms with Crippen LogP contribution in [-0.2, 0) is 12.8 Å². The van der Waals surface area contributed by atoms with Gasteiger partial charge < -0.3 is 10.1 Å². The van der Waals surface area contributed by atoms with E-state index in [0.717, 1.165) is 31.3 Å². The molecule has 0 aliphatic carbocycles. The summed E-state index contributed by atoms with van der Waals surface area (Å²) in [6.07, 6.45) is 1.69. The van der Waals surface area contributed by atoms with Crippen molar-refractivity contribution in [2.24, 2.45) is 0 Å². The molecule has 0 atom stereocenters. The Morgan fingerprint density at radius 1 is 1.15 bits per heavy atom. The van der Waals surface area contributed by atoms with Gasteiger partial charge in [-0.2, -0.15) is 0 Å². The van der Waals surface area contributed by atoms with Crippen molar-refractivity contribution in [3.63, 3.8) is 0 Å². The Labute approximate surface area is 116 Å². The molecule has 0 spiro atoms. The molecule has 0 amide bonds. The minimum Gasteiger partial charge on any atom is -0.493 e. The van der Waals surface area contributed by atoms with E-state index in [0.29, 0.717) is 6.54 Å². The van der Waals surface area contributed by atoms with E-state index in [1.807, 2.05) is 12.1 Å². The van der Waals surface area contributed by atoms with Gasteiger partial charge in [0.1, 0.15) is 5.75 Å². The Morgan fingerprint density at radius 2 is 2.05 bits per heavy atom. The Morgan fingerprint density at radius 3 is 2.95 bits per heavy atom. The minimum atomic E-state index is -0.829. The first kappa shape index (κ1) is 12.9. The van der Waals surface area contributed by atoms with Crippen LogP contribution in [0.5, 0.6) is 5.75 Å². The quantitative estimate of drug-likeness (QED) is 0.921. The molecule has 0 radical (unpaired) electrons. The van der Waals surface area contributed by atoms with E-state index in [-0.39, 0.29) is 5.69 Å². The average Bonchev–Trinajstić information content (AvgIpc) is 2.91. The van der Waals surface area contributed by atoms with Crippen LogP contribution in [0.1, 0.15) is 11.1 Å². The van der Waals surface area contributed by atoms with Gasteiger partial charge in [0.15, 0.2) is 11.6 Å². The molecule has 2 aromatic rings. The molecule has 1 aliphatic rings. The summed E-state index contributed by atoms with van der Waals surface area (Å²) in [6.45, 7) is 1.30. The Bertz CT molecular complexity index is 628. The van der Waals surface area contributed by atoms with E-state index in [1.165, 1.54) is 23.3 Å². The van der Waals surface area contributed by atoms with Crippen molar-refractivity contribution in [1.29, 1.82) is 0 Å². The van der Waals surface area contributed by atoms with Crippen LogP contribution in [0.2, 0.25) is 0 Å². The van der Waals surface area contributed by atoms with Crippen molar-refractivity contribution >= 4 is 5.69 Å². The van der Waals surface area contributed by atoms with Gasteiger partial charge in [0.25, 0.3) is 0 Å². The molecular formula is C16H15F2NO. The molecule has 0 saturated carbocycles. The number of benzene rings is 2. The fraction of sp³-hybridized carbons (Fsp3) is 0.250. The van der Waals surface area contributed by atoms with Crippen molar-refractivity contribution in [3.8, 4) is 5.75 Å². The summed E-state index contributed by atoms with van der Waals surface area (Å²) in [5.41, 5.74) is 2.59. The zero-order valence-corrected chi connectivity index (χ0v) is 11.0.